The lowest BCUT2D eigenvalue weighted by molar-refractivity contribution is -0.0930. The van der Waals surface area contributed by atoms with Crippen molar-refractivity contribution in [3.05, 3.63) is 11.8 Å². The van der Waals surface area contributed by atoms with Gasteiger partial charge < -0.3 is 19.9 Å². The zero-order chi connectivity index (χ0) is 20.1. The van der Waals surface area contributed by atoms with Crippen LogP contribution in [-0.4, -0.2) is 65.1 Å². The van der Waals surface area contributed by atoms with Crippen LogP contribution in [0, 0.1) is 12.3 Å². The van der Waals surface area contributed by atoms with Crippen LogP contribution in [0.1, 0.15) is 58.7 Å². The largest absolute Gasteiger partial charge is 0.444 e. The number of ether oxygens (including phenoxy) is 1. The van der Waals surface area contributed by atoms with Gasteiger partial charge in [0.25, 0.3) is 0 Å². The first-order valence-electron chi connectivity index (χ1n) is 10.7. The van der Waals surface area contributed by atoms with Gasteiger partial charge in [0.1, 0.15) is 5.60 Å². The van der Waals surface area contributed by atoms with Crippen molar-refractivity contribution in [2.45, 2.75) is 71.6 Å². The Hall–Kier alpha value is -1.76. The Morgan fingerprint density at radius 1 is 1.36 bits per heavy atom. The fourth-order valence-corrected chi connectivity index (χ4v) is 5.00. The predicted molar refractivity (Wildman–Crippen MR) is 110 cm³/mol. The zero-order valence-corrected chi connectivity index (χ0v) is 18.0. The lowest BCUT2D eigenvalue weighted by Crippen LogP contribution is -2.64. The summed E-state index contributed by atoms with van der Waals surface area (Å²) in [6.45, 7) is 14.9. The molecule has 1 aromatic rings. The van der Waals surface area contributed by atoms with E-state index in [9.17, 15) is 4.79 Å². The van der Waals surface area contributed by atoms with Crippen LogP contribution in [0.15, 0.2) is 6.07 Å². The summed E-state index contributed by atoms with van der Waals surface area (Å²) in [6.07, 6.45) is 3.16. The maximum Gasteiger partial charge on any atom is 0.410 e. The number of amides is 1. The number of likely N-dealkylation sites (tertiary alicyclic amines) is 1. The van der Waals surface area contributed by atoms with Gasteiger partial charge in [0, 0.05) is 55.9 Å². The third kappa shape index (κ3) is 3.61. The number of piperazine rings is 1. The molecule has 28 heavy (non-hydrogen) atoms. The van der Waals surface area contributed by atoms with Crippen LogP contribution >= 0.6 is 0 Å². The monoisotopic (exact) mass is 389 g/mol. The Morgan fingerprint density at radius 3 is 2.71 bits per heavy atom. The van der Waals surface area contributed by atoms with E-state index in [4.69, 9.17) is 9.84 Å². The van der Waals surface area contributed by atoms with Gasteiger partial charge in [0.05, 0.1) is 6.04 Å². The van der Waals surface area contributed by atoms with Crippen molar-refractivity contribution >= 4 is 11.9 Å². The lowest BCUT2D eigenvalue weighted by Gasteiger charge is -2.58. The van der Waals surface area contributed by atoms with Crippen molar-refractivity contribution in [2.24, 2.45) is 5.41 Å². The number of carbonyl (C=O) groups is 1. The van der Waals surface area contributed by atoms with Gasteiger partial charge in [-0.1, -0.05) is 6.92 Å². The molecule has 1 aliphatic carbocycles. The van der Waals surface area contributed by atoms with E-state index in [0.717, 1.165) is 57.8 Å². The normalized spacial score (nSPS) is 24.8. The van der Waals surface area contributed by atoms with Crippen LogP contribution in [0.25, 0.3) is 0 Å². The molecule has 1 atom stereocenters. The van der Waals surface area contributed by atoms with Crippen LogP contribution in [0.5, 0.6) is 0 Å². The quantitative estimate of drug-likeness (QED) is 0.861. The summed E-state index contributed by atoms with van der Waals surface area (Å²) in [4.78, 5) is 16.5. The van der Waals surface area contributed by atoms with E-state index >= 15 is 0 Å². The highest BCUT2D eigenvalue weighted by molar-refractivity contribution is 5.69. The Balaban J connectivity index is 1.34. The van der Waals surface area contributed by atoms with Crippen molar-refractivity contribution in [3.63, 3.8) is 0 Å². The van der Waals surface area contributed by atoms with Crippen LogP contribution in [-0.2, 0) is 4.74 Å². The molecule has 3 fully saturated rings. The highest BCUT2D eigenvalue weighted by Crippen LogP contribution is 2.54. The molecule has 1 spiro atoms. The second-order valence-corrected chi connectivity index (χ2v) is 9.95. The van der Waals surface area contributed by atoms with Crippen molar-refractivity contribution in [3.8, 4) is 0 Å². The average molecular weight is 390 g/mol. The molecule has 3 aliphatic rings. The summed E-state index contributed by atoms with van der Waals surface area (Å²) in [5.74, 6) is 1.12. The molecule has 1 amide bonds. The van der Waals surface area contributed by atoms with Crippen LogP contribution in [0.3, 0.4) is 0 Å². The lowest BCUT2D eigenvalue weighted by atomic mass is 9.61. The molecule has 1 N–H and O–H groups in total. The van der Waals surface area contributed by atoms with Gasteiger partial charge in [-0.25, -0.2) is 4.79 Å². The molecule has 156 valence electrons. The van der Waals surface area contributed by atoms with E-state index in [0.29, 0.717) is 12.1 Å². The van der Waals surface area contributed by atoms with E-state index in [-0.39, 0.29) is 11.5 Å². The molecular weight excluding hydrogens is 354 g/mol. The van der Waals surface area contributed by atoms with E-state index in [1.54, 1.807) is 0 Å². The van der Waals surface area contributed by atoms with E-state index in [2.05, 4.69) is 34.8 Å². The predicted octanol–water partition coefficient (Wildman–Crippen LogP) is 2.95. The van der Waals surface area contributed by atoms with E-state index in [1.807, 2.05) is 25.7 Å². The van der Waals surface area contributed by atoms with E-state index < -0.39 is 5.60 Å². The molecule has 0 radical (unpaired) electrons. The molecule has 7 nitrogen and oxygen atoms in total. The first kappa shape index (κ1) is 19.6. The minimum absolute atomic E-state index is 0.177. The molecule has 2 saturated heterocycles. The van der Waals surface area contributed by atoms with Gasteiger partial charge >= 0.3 is 6.09 Å². The number of nitrogens with zero attached hydrogens (tertiary/aromatic N) is 4. The molecule has 3 heterocycles. The summed E-state index contributed by atoms with van der Waals surface area (Å²) in [6, 6.07) is 3.23. The maximum atomic E-state index is 12.2. The highest BCUT2D eigenvalue weighted by atomic mass is 16.6. The molecule has 4 rings (SSSR count). The van der Waals surface area contributed by atoms with Gasteiger partial charge in [-0.3, -0.25) is 4.68 Å². The van der Waals surface area contributed by atoms with Gasteiger partial charge in [-0.15, -0.1) is 0 Å². The van der Waals surface area contributed by atoms with Gasteiger partial charge in [-0.05, 0) is 47.0 Å². The minimum Gasteiger partial charge on any atom is -0.444 e. The van der Waals surface area contributed by atoms with E-state index in [1.165, 1.54) is 5.69 Å². The Bertz CT molecular complexity index is 724. The van der Waals surface area contributed by atoms with Gasteiger partial charge in [-0.2, -0.15) is 5.10 Å². The average Bonchev–Trinajstić information content (AvgIpc) is 2.92. The minimum atomic E-state index is -0.426. The highest BCUT2D eigenvalue weighted by Gasteiger charge is 2.55. The number of aromatic nitrogens is 2. The number of nitrogens with one attached hydrogen (secondary N) is 1. The maximum absolute atomic E-state index is 12.2. The Kier molecular flexibility index (Phi) is 4.84. The number of hydrogen-bond acceptors (Lipinski definition) is 5. The molecular formula is C21H35N5O2. The second-order valence-electron chi connectivity index (χ2n) is 9.95. The molecule has 1 saturated carbocycles. The van der Waals surface area contributed by atoms with Crippen LogP contribution < -0.4 is 10.2 Å². The number of hydrogen-bond donors (Lipinski definition) is 1. The number of rotatable bonds is 3. The number of carbonyl (C=O) groups excluding carboxylic acids is 1. The topological polar surface area (TPSA) is 62.6 Å². The molecule has 7 heteroatoms. The fraction of sp³-hybridized carbons (Fsp3) is 0.810. The zero-order valence-electron chi connectivity index (χ0n) is 18.0. The molecule has 0 aromatic carbocycles. The summed E-state index contributed by atoms with van der Waals surface area (Å²) in [5, 5.41) is 8.48. The Labute approximate surface area is 168 Å². The number of aryl methyl sites for hydroxylation is 1. The van der Waals surface area contributed by atoms with Gasteiger partial charge in [0.15, 0.2) is 5.82 Å². The van der Waals surface area contributed by atoms with Crippen LogP contribution in [0.2, 0.25) is 0 Å². The SMILES string of the molecule is CCC1CNCCN1c1cc(C)n(C2CC3(C2)CN(C(=O)OC(C)(C)C)C3)n1. The third-order valence-electron chi connectivity index (χ3n) is 6.41. The third-order valence-corrected chi connectivity index (χ3v) is 6.41. The molecule has 0 bridgehead atoms. The molecule has 2 aliphatic heterocycles. The number of anilines is 1. The van der Waals surface area contributed by atoms with Crippen molar-refractivity contribution < 1.29 is 9.53 Å². The smallest absolute Gasteiger partial charge is 0.410 e. The first-order valence-corrected chi connectivity index (χ1v) is 10.7. The standard InChI is InChI=1S/C21H35N5O2/c1-6-16-12-22-7-8-25(16)18-9-15(2)26(23-18)17-10-21(11-17)13-24(14-21)19(27)28-20(3,4)5/h9,16-17,22H,6-8,10-14H2,1-5H3. The molecule has 1 unspecified atom stereocenters. The summed E-state index contributed by atoms with van der Waals surface area (Å²) < 4.78 is 7.71. The van der Waals surface area contributed by atoms with Crippen LogP contribution in [0.4, 0.5) is 10.6 Å². The van der Waals surface area contributed by atoms with Crippen molar-refractivity contribution in [1.29, 1.82) is 0 Å². The summed E-state index contributed by atoms with van der Waals surface area (Å²) in [5.41, 5.74) is 1.10. The van der Waals surface area contributed by atoms with Crippen molar-refractivity contribution in [1.82, 2.24) is 20.0 Å². The second kappa shape index (κ2) is 6.94. The fourth-order valence-electron chi connectivity index (χ4n) is 5.00. The first-order chi connectivity index (χ1) is 13.2. The van der Waals surface area contributed by atoms with Gasteiger partial charge in [0.2, 0.25) is 0 Å². The summed E-state index contributed by atoms with van der Waals surface area (Å²) >= 11 is 0. The summed E-state index contributed by atoms with van der Waals surface area (Å²) in [7, 11) is 0. The van der Waals surface area contributed by atoms with Crippen molar-refractivity contribution in [2.75, 3.05) is 37.6 Å². The molecule has 1 aromatic heterocycles. The Morgan fingerprint density at radius 2 is 2.07 bits per heavy atom.